The molecule has 0 saturated carbocycles. The molecule has 144 valence electrons. The summed E-state index contributed by atoms with van der Waals surface area (Å²) in [4.78, 5) is 24.4. The second kappa shape index (κ2) is 8.58. The van der Waals surface area contributed by atoms with Crippen molar-refractivity contribution in [3.63, 3.8) is 0 Å². The summed E-state index contributed by atoms with van der Waals surface area (Å²) in [5, 5.41) is 7.27. The molecule has 7 nitrogen and oxygen atoms in total. The summed E-state index contributed by atoms with van der Waals surface area (Å²) in [6.07, 6.45) is 1.49. The summed E-state index contributed by atoms with van der Waals surface area (Å²) < 4.78 is 11.2. The second-order valence-corrected chi connectivity index (χ2v) is 6.18. The van der Waals surface area contributed by atoms with E-state index in [0.29, 0.717) is 29.2 Å². The Bertz CT molecular complexity index is 1050. The fraction of sp³-hybridized carbons (Fsp3) is 0.150. The standard InChI is InChI=1S/C20H18ClN3O4/c1-27-17-9-8-13(10-15(17)20(26)28-2)11-22-16-12-23-24(19(25)18(16)21)14-6-4-3-5-7-14/h3-10,12,22H,11H2,1-2H3. The molecule has 0 aliphatic carbocycles. The summed E-state index contributed by atoms with van der Waals surface area (Å²) in [7, 11) is 2.78. The molecule has 2 aromatic carbocycles. The van der Waals surface area contributed by atoms with E-state index in [1.165, 1.54) is 25.1 Å². The topological polar surface area (TPSA) is 82.5 Å². The second-order valence-electron chi connectivity index (χ2n) is 5.80. The van der Waals surface area contributed by atoms with Crippen molar-refractivity contribution in [3.8, 4) is 11.4 Å². The Morgan fingerprint density at radius 3 is 2.61 bits per heavy atom. The van der Waals surface area contributed by atoms with Crippen molar-refractivity contribution in [2.45, 2.75) is 6.54 Å². The third kappa shape index (κ3) is 3.99. The number of nitrogens with one attached hydrogen (secondary N) is 1. The molecule has 0 bridgehead atoms. The minimum absolute atomic E-state index is 0.0283. The molecular weight excluding hydrogens is 382 g/mol. The minimum atomic E-state index is -0.496. The Labute approximate surface area is 166 Å². The first-order chi connectivity index (χ1) is 13.5. The fourth-order valence-corrected chi connectivity index (χ4v) is 2.84. The van der Waals surface area contributed by atoms with Crippen LogP contribution in [0.5, 0.6) is 5.75 Å². The molecule has 0 amide bonds. The normalized spacial score (nSPS) is 10.4. The number of ether oxygens (including phenoxy) is 2. The summed E-state index contributed by atoms with van der Waals surface area (Å²) in [5.74, 6) is -0.0791. The number of halogens is 1. The van der Waals surface area contributed by atoms with E-state index in [-0.39, 0.29) is 5.02 Å². The molecule has 1 aromatic heterocycles. The number of para-hydroxylation sites is 1. The summed E-state index contributed by atoms with van der Waals surface area (Å²) in [6.45, 7) is 0.324. The quantitative estimate of drug-likeness (QED) is 0.640. The minimum Gasteiger partial charge on any atom is -0.496 e. The van der Waals surface area contributed by atoms with Crippen molar-refractivity contribution < 1.29 is 14.3 Å². The molecule has 0 fully saturated rings. The van der Waals surface area contributed by atoms with Crippen LogP contribution in [0.3, 0.4) is 0 Å². The Balaban J connectivity index is 1.83. The number of esters is 1. The number of carbonyl (C=O) groups is 1. The number of nitrogens with zero attached hydrogens (tertiary/aromatic N) is 2. The van der Waals surface area contributed by atoms with E-state index in [1.54, 1.807) is 30.3 Å². The largest absolute Gasteiger partial charge is 0.496 e. The molecule has 0 atom stereocenters. The van der Waals surface area contributed by atoms with Crippen LogP contribution in [0.25, 0.3) is 5.69 Å². The van der Waals surface area contributed by atoms with Gasteiger partial charge in [0.05, 0.1) is 31.8 Å². The van der Waals surface area contributed by atoms with Crippen LogP contribution in [0.2, 0.25) is 5.02 Å². The van der Waals surface area contributed by atoms with Gasteiger partial charge in [-0.15, -0.1) is 0 Å². The average molecular weight is 400 g/mol. The molecule has 3 rings (SSSR count). The van der Waals surface area contributed by atoms with Gasteiger partial charge in [0.1, 0.15) is 16.3 Å². The summed E-state index contributed by atoms with van der Waals surface area (Å²) >= 11 is 6.24. The number of anilines is 1. The van der Waals surface area contributed by atoms with E-state index in [4.69, 9.17) is 21.1 Å². The van der Waals surface area contributed by atoms with E-state index >= 15 is 0 Å². The van der Waals surface area contributed by atoms with Crippen LogP contribution >= 0.6 is 11.6 Å². The Morgan fingerprint density at radius 1 is 1.18 bits per heavy atom. The predicted molar refractivity (Wildman–Crippen MR) is 107 cm³/mol. The maximum Gasteiger partial charge on any atom is 0.341 e. The zero-order valence-corrected chi connectivity index (χ0v) is 16.1. The van der Waals surface area contributed by atoms with Crippen molar-refractivity contribution in [2.24, 2.45) is 0 Å². The Kier molecular flexibility index (Phi) is 5.96. The maximum absolute atomic E-state index is 12.5. The molecule has 0 aliphatic heterocycles. The van der Waals surface area contributed by atoms with Gasteiger partial charge in [-0.2, -0.15) is 9.78 Å². The van der Waals surface area contributed by atoms with Crippen LogP contribution in [0.4, 0.5) is 5.69 Å². The molecule has 0 saturated heterocycles. The molecular formula is C20H18ClN3O4. The summed E-state index contributed by atoms with van der Waals surface area (Å²) in [5.41, 5.74) is 1.69. The first kappa shape index (κ1) is 19.4. The van der Waals surface area contributed by atoms with Gasteiger partial charge in [0, 0.05) is 6.54 Å². The third-order valence-electron chi connectivity index (χ3n) is 4.07. The van der Waals surface area contributed by atoms with Crippen LogP contribution in [0.1, 0.15) is 15.9 Å². The number of hydrogen-bond acceptors (Lipinski definition) is 6. The molecule has 1 heterocycles. The van der Waals surface area contributed by atoms with Crippen molar-refractivity contribution >= 4 is 23.3 Å². The van der Waals surface area contributed by atoms with Gasteiger partial charge in [-0.05, 0) is 29.8 Å². The van der Waals surface area contributed by atoms with Gasteiger partial charge >= 0.3 is 5.97 Å². The zero-order valence-electron chi connectivity index (χ0n) is 15.3. The first-order valence-electron chi connectivity index (χ1n) is 8.37. The predicted octanol–water partition coefficient (Wildman–Crippen LogP) is 3.29. The lowest BCUT2D eigenvalue weighted by atomic mass is 10.1. The van der Waals surface area contributed by atoms with E-state index in [2.05, 4.69) is 10.4 Å². The highest BCUT2D eigenvalue weighted by Crippen LogP contribution is 2.22. The number of carbonyl (C=O) groups excluding carboxylic acids is 1. The molecule has 28 heavy (non-hydrogen) atoms. The number of benzene rings is 2. The monoisotopic (exact) mass is 399 g/mol. The van der Waals surface area contributed by atoms with Crippen LogP contribution in [0.15, 0.2) is 59.5 Å². The third-order valence-corrected chi connectivity index (χ3v) is 4.44. The number of hydrogen-bond donors (Lipinski definition) is 1. The van der Waals surface area contributed by atoms with Crippen LogP contribution in [0, 0.1) is 0 Å². The molecule has 3 aromatic rings. The molecule has 8 heteroatoms. The van der Waals surface area contributed by atoms with Crippen molar-refractivity contribution in [2.75, 3.05) is 19.5 Å². The van der Waals surface area contributed by atoms with Crippen LogP contribution in [-0.4, -0.2) is 30.0 Å². The molecule has 0 aliphatic rings. The highest BCUT2D eigenvalue weighted by Gasteiger charge is 2.14. The summed E-state index contributed by atoms with van der Waals surface area (Å²) in [6, 6.07) is 14.1. The molecule has 0 radical (unpaired) electrons. The number of rotatable bonds is 6. The van der Waals surface area contributed by atoms with Gasteiger partial charge in [-0.25, -0.2) is 4.79 Å². The lowest BCUT2D eigenvalue weighted by Gasteiger charge is -2.12. The zero-order chi connectivity index (χ0) is 20.1. The molecule has 0 spiro atoms. The van der Waals surface area contributed by atoms with Crippen LogP contribution < -0.4 is 15.6 Å². The van der Waals surface area contributed by atoms with Gasteiger partial charge in [-0.1, -0.05) is 35.9 Å². The Hall–Kier alpha value is -3.32. The highest BCUT2D eigenvalue weighted by molar-refractivity contribution is 6.32. The number of aromatic nitrogens is 2. The van der Waals surface area contributed by atoms with E-state index in [1.807, 2.05) is 18.2 Å². The highest BCUT2D eigenvalue weighted by atomic mass is 35.5. The Morgan fingerprint density at radius 2 is 1.93 bits per heavy atom. The van der Waals surface area contributed by atoms with Gasteiger partial charge in [-0.3, -0.25) is 4.79 Å². The lowest BCUT2D eigenvalue weighted by Crippen LogP contribution is -2.22. The smallest absolute Gasteiger partial charge is 0.341 e. The number of methoxy groups -OCH3 is 2. The van der Waals surface area contributed by atoms with Gasteiger partial charge < -0.3 is 14.8 Å². The van der Waals surface area contributed by atoms with E-state index in [0.717, 1.165) is 5.56 Å². The van der Waals surface area contributed by atoms with Crippen molar-refractivity contribution in [3.05, 3.63) is 81.2 Å². The SMILES string of the molecule is COC(=O)c1cc(CNc2cnn(-c3ccccc3)c(=O)c2Cl)ccc1OC. The van der Waals surface area contributed by atoms with E-state index in [9.17, 15) is 9.59 Å². The average Bonchev–Trinajstić information content (AvgIpc) is 2.74. The van der Waals surface area contributed by atoms with Crippen molar-refractivity contribution in [1.29, 1.82) is 0 Å². The fourth-order valence-electron chi connectivity index (χ4n) is 2.64. The maximum atomic E-state index is 12.5. The molecule has 1 N–H and O–H groups in total. The molecule has 0 unspecified atom stereocenters. The van der Waals surface area contributed by atoms with Crippen LogP contribution in [-0.2, 0) is 11.3 Å². The van der Waals surface area contributed by atoms with E-state index < -0.39 is 11.5 Å². The van der Waals surface area contributed by atoms with Gasteiger partial charge in [0.2, 0.25) is 0 Å². The van der Waals surface area contributed by atoms with Gasteiger partial charge in [0.25, 0.3) is 5.56 Å². The van der Waals surface area contributed by atoms with Crippen molar-refractivity contribution in [1.82, 2.24) is 9.78 Å². The lowest BCUT2D eigenvalue weighted by molar-refractivity contribution is 0.0597. The first-order valence-corrected chi connectivity index (χ1v) is 8.75. The van der Waals surface area contributed by atoms with Gasteiger partial charge in [0.15, 0.2) is 0 Å².